The standard InChI is InChI=1S/C17H29NO/c1-16(2,3)14-12(11-18(7)8)9-10-13(19)15(14)17(4,5)6/h9-10,19H,11H2,1-8H3. The van der Waals surface area contributed by atoms with Gasteiger partial charge in [-0.15, -0.1) is 0 Å². The monoisotopic (exact) mass is 263 g/mol. The van der Waals surface area contributed by atoms with Crippen LogP contribution in [0.4, 0.5) is 0 Å². The Bertz CT molecular complexity index is 448. The van der Waals surface area contributed by atoms with Crippen molar-refractivity contribution in [3.8, 4) is 5.75 Å². The molecule has 0 fully saturated rings. The average Bonchev–Trinajstić information content (AvgIpc) is 2.15. The maximum absolute atomic E-state index is 10.3. The maximum Gasteiger partial charge on any atom is 0.119 e. The number of benzene rings is 1. The van der Waals surface area contributed by atoms with Crippen LogP contribution in [0.1, 0.15) is 58.2 Å². The molecule has 0 aliphatic heterocycles. The minimum absolute atomic E-state index is 0.0205. The average molecular weight is 263 g/mol. The molecule has 0 aromatic heterocycles. The van der Waals surface area contributed by atoms with E-state index in [-0.39, 0.29) is 10.8 Å². The molecular weight excluding hydrogens is 234 g/mol. The Labute approximate surface area is 118 Å². The second kappa shape index (κ2) is 5.16. The Morgan fingerprint density at radius 1 is 0.895 bits per heavy atom. The number of nitrogens with zero attached hydrogens (tertiary/aromatic N) is 1. The Kier molecular flexibility index (Phi) is 4.36. The molecule has 1 aromatic carbocycles. The highest BCUT2D eigenvalue weighted by molar-refractivity contribution is 5.51. The molecule has 108 valence electrons. The quantitative estimate of drug-likeness (QED) is 0.870. The predicted molar refractivity (Wildman–Crippen MR) is 82.9 cm³/mol. The lowest BCUT2D eigenvalue weighted by molar-refractivity contribution is 0.390. The first-order valence-electron chi connectivity index (χ1n) is 6.95. The molecule has 0 radical (unpaired) electrons. The summed E-state index contributed by atoms with van der Waals surface area (Å²) in [5.74, 6) is 0.417. The third kappa shape index (κ3) is 3.73. The smallest absolute Gasteiger partial charge is 0.119 e. The molecule has 0 amide bonds. The molecule has 0 atom stereocenters. The van der Waals surface area contributed by atoms with Gasteiger partial charge in [-0.05, 0) is 42.1 Å². The zero-order valence-electron chi connectivity index (χ0n) is 13.8. The lowest BCUT2D eigenvalue weighted by Gasteiger charge is -2.33. The Balaban J connectivity index is 3.61. The predicted octanol–water partition coefficient (Wildman–Crippen LogP) is 4.05. The third-order valence-electron chi connectivity index (χ3n) is 3.26. The van der Waals surface area contributed by atoms with Crippen LogP contribution in [0.3, 0.4) is 0 Å². The number of phenols is 1. The molecular formula is C17H29NO. The Morgan fingerprint density at radius 2 is 1.37 bits per heavy atom. The number of hydrogen-bond donors (Lipinski definition) is 1. The molecule has 1 N–H and O–H groups in total. The van der Waals surface area contributed by atoms with Gasteiger partial charge >= 0.3 is 0 Å². The fourth-order valence-electron chi connectivity index (χ4n) is 2.72. The normalized spacial score (nSPS) is 13.1. The van der Waals surface area contributed by atoms with Crippen molar-refractivity contribution in [1.29, 1.82) is 0 Å². The van der Waals surface area contributed by atoms with E-state index in [9.17, 15) is 5.11 Å². The van der Waals surface area contributed by atoms with Crippen LogP contribution < -0.4 is 0 Å². The SMILES string of the molecule is CN(C)Cc1ccc(O)c(C(C)(C)C)c1C(C)(C)C. The van der Waals surface area contributed by atoms with Gasteiger partial charge in [0.05, 0.1) is 0 Å². The van der Waals surface area contributed by atoms with Crippen molar-refractivity contribution in [2.24, 2.45) is 0 Å². The molecule has 19 heavy (non-hydrogen) atoms. The molecule has 0 aliphatic carbocycles. The topological polar surface area (TPSA) is 23.5 Å². The zero-order chi connectivity index (χ0) is 15.0. The summed E-state index contributed by atoms with van der Waals surface area (Å²) in [5.41, 5.74) is 3.63. The summed E-state index contributed by atoms with van der Waals surface area (Å²) in [5, 5.41) is 10.3. The van der Waals surface area contributed by atoms with Crippen molar-refractivity contribution < 1.29 is 5.11 Å². The van der Waals surface area contributed by atoms with Crippen molar-refractivity contribution in [1.82, 2.24) is 4.90 Å². The molecule has 0 unspecified atom stereocenters. The van der Waals surface area contributed by atoms with Crippen molar-refractivity contribution >= 4 is 0 Å². The van der Waals surface area contributed by atoms with E-state index in [0.29, 0.717) is 5.75 Å². The zero-order valence-corrected chi connectivity index (χ0v) is 13.8. The summed E-state index contributed by atoms with van der Waals surface area (Å²) in [6.07, 6.45) is 0. The Hall–Kier alpha value is -1.02. The van der Waals surface area contributed by atoms with Gasteiger partial charge in [0, 0.05) is 12.1 Å². The molecule has 0 saturated heterocycles. The minimum atomic E-state index is -0.0605. The van der Waals surface area contributed by atoms with Crippen molar-refractivity contribution in [3.05, 3.63) is 28.8 Å². The molecule has 1 aromatic rings. The van der Waals surface area contributed by atoms with Gasteiger partial charge in [-0.1, -0.05) is 47.6 Å². The van der Waals surface area contributed by atoms with Crippen LogP contribution in [-0.4, -0.2) is 24.1 Å². The van der Waals surface area contributed by atoms with Crippen molar-refractivity contribution in [3.63, 3.8) is 0 Å². The van der Waals surface area contributed by atoms with Crippen LogP contribution in [0.5, 0.6) is 5.75 Å². The third-order valence-corrected chi connectivity index (χ3v) is 3.26. The van der Waals surface area contributed by atoms with Gasteiger partial charge in [0.15, 0.2) is 0 Å². The summed E-state index contributed by atoms with van der Waals surface area (Å²) in [6.45, 7) is 14.0. The summed E-state index contributed by atoms with van der Waals surface area (Å²) >= 11 is 0. The summed E-state index contributed by atoms with van der Waals surface area (Å²) in [6, 6.07) is 3.90. The van der Waals surface area contributed by atoms with Gasteiger partial charge in [0.25, 0.3) is 0 Å². The minimum Gasteiger partial charge on any atom is -0.508 e. The number of aromatic hydroxyl groups is 1. The molecule has 0 aliphatic rings. The molecule has 0 bridgehead atoms. The van der Waals surface area contributed by atoms with E-state index in [2.05, 4.69) is 66.6 Å². The second-order valence-corrected chi connectivity index (χ2v) is 7.73. The van der Waals surface area contributed by atoms with Crippen molar-refractivity contribution in [2.45, 2.75) is 58.9 Å². The molecule has 0 spiro atoms. The fraction of sp³-hybridized carbons (Fsp3) is 0.647. The van der Waals surface area contributed by atoms with Crippen LogP contribution in [0, 0.1) is 0 Å². The lowest BCUT2D eigenvalue weighted by Crippen LogP contribution is -2.26. The van der Waals surface area contributed by atoms with E-state index in [1.54, 1.807) is 0 Å². The van der Waals surface area contributed by atoms with E-state index >= 15 is 0 Å². The van der Waals surface area contributed by atoms with Gasteiger partial charge in [0.1, 0.15) is 5.75 Å². The largest absolute Gasteiger partial charge is 0.508 e. The lowest BCUT2D eigenvalue weighted by atomic mass is 9.72. The van der Waals surface area contributed by atoms with Crippen LogP contribution in [-0.2, 0) is 17.4 Å². The molecule has 2 heteroatoms. The van der Waals surface area contributed by atoms with E-state index in [1.807, 2.05) is 6.07 Å². The van der Waals surface area contributed by atoms with Gasteiger partial charge in [-0.25, -0.2) is 0 Å². The van der Waals surface area contributed by atoms with Crippen LogP contribution in [0.25, 0.3) is 0 Å². The fourth-order valence-corrected chi connectivity index (χ4v) is 2.72. The van der Waals surface area contributed by atoms with Gasteiger partial charge in [-0.3, -0.25) is 0 Å². The van der Waals surface area contributed by atoms with Crippen LogP contribution in [0.15, 0.2) is 12.1 Å². The summed E-state index contributed by atoms with van der Waals surface area (Å²) < 4.78 is 0. The number of rotatable bonds is 2. The van der Waals surface area contributed by atoms with E-state index in [4.69, 9.17) is 0 Å². The van der Waals surface area contributed by atoms with E-state index in [1.165, 1.54) is 11.1 Å². The first-order chi connectivity index (χ1) is 8.44. The number of hydrogen-bond acceptors (Lipinski definition) is 2. The highest BCUT2D eigenvalue weighted by atomic mass is 16.3. The first kappa shape index (κ1) is 16.0. The van der Waals surface area contributed by atoms with E-state index in [0.717, 1.165) is 12.1 Å². The second-order valence-electron chi connectivity index (χ2n) is 7.73. The van der Waals surface area contributed by atoms with E-state index < -0.39 is 0 Å². The van der Waals surface area contributed by atoms with Gasteiger partial charge in [-0.2, -0.15) is 0 Å². The molecule has 1 rings (SSSR count). The summed E-state index contributed by atoms with van der Waals surface area (Å²) in [7, 11) is 4.16. The highest BCUT2D eigenvalue weighted by Gasteiger charge is 2.30. The summed E-state index contributed by atoms with van der Waals surface area (Å²) in [4.78, 5) is 2.17. The van der Waals surface area contributed by atoms with Crippen LogP contribution in [0.2, 0.25) is 0 Å². The van der Waals surface area contributed by atoms with Gasteiger partial charge in [0.2, 0.25) is 0 Å². The number of phenolic OH excluding ortho intramolecular Hbond substituents is 1. The van der Waals surface area contributed by atoms with Gasteiger partial charge < -0.3 is 10.0 Å². The first-order valence-corrected chi connectivity index (χ1v) is 6.95. The highest BCUT2D eigenvalue weighted by Crippen LogP contribution is 2.41. The van der Waals surface area contributed by atoms with Crippen molar-refractivity contribution in [2.75, 3.05) is 14.1 Å². The molecule has 0 saturated carbocycles. The maximum atomic E-state index is 10.3. The molecule has 2 nitrogen and oxygen atoms in total. The Morgan fingerprint density at radius 3 is 1.74 bits per heavy atom. The molecule has 0 heterocycles. The van der Waals surface area contributed by atoms with Crippen LogP contribution >= 0.6 is 0 Å².